The highest BCUT2D eigenvalue weighted by molar-refractivity contribution is 5.94. The number of hydrogen-bond donors (Lipinski definition) is 2. The molecular weight excluding hydrogens is 406 g/mol. The van der Waals surface area contributed by atoms with Crippen LogP contribution in [0.2, 0.25) is 0 Å². The van der Waals surface area contributed by atoms with Crippen LogP contribution in [0.25, 0.3) is 0 Å². The average Bonchev–Trinajstić information content (AvgIpc) is 2.72. The summed E-state index contributed by atoms with van der Waals surface area (Å²) in [5.74, 6) is -3.61. The lowest BCUT2D eigenvalue weighted by Gasteiger charge is -2.42. The molecule has 2 aromatic rings. The van der Waals surface area contributed by atoms with Crippen LogP contribution in [0, 0.1) is 11.6 Å². The van der Waals surface area contributed by atoms with Crippen molar-refractivity contribution >= 4 is 17.8 Å². The number of benzene rings is 2. The highest BCUT2D eigenvalue weighted by Crippen LogP contribution is 2.43. The predicted octanol–water partition coefficient (Wildman–Crippen LogP) is 2.87. The summed E-state index contributed by atoms with van der Waals surface area (Å²) in [5, 5.41) is 5.18. The van der Waals surface area contributed by atoms with Crippen molar-refractivity contribution in [2.75, 3.05) is 19.7 Å². The van der Waals surface area contributed by atoms with E-state index in [4.69, 9.17) is 4.74 Å². The van der Waals surface area contributed by atoms with E-state index >= 15 is 0 Å². The lowest BCUT2D eigenvalue weighted by molar-refractivity contribution is -0.148. The van der Waals surface area contributed by atoms with Crippen LogP contribution >= 0.6 is 0 Å². The minimum absolute atomic E-state index is 0.0686. The molecule has 2 N–H and O–H groups in total. The molecule has 0 radical (unpaired) electrons. The summed E-state index contributed by atoms with van der Waals surface area (Å²) in [6.07, 6.45) is 2.90. The predicted molar refractivity (Wildman–Crippen MR) is 109 cm³/mol. The first kappa shape index (κ1) is 22.4. The molecule has 3 rings (SSSR count). The molecule has 6 nitrogen and oxygen atoms in total. The Hall–Kier alpha value is -3.29. The van der Waals surface area contributed by atoms with Gasteiger partial charge < -0.3 is 15.4 Å². The van der Waals surface area contributed by atoms with Gasteiger partial charge in [-0.3, -0.25) is 14.4 Å². The van der Waals surface area contributed by atoms with Gasteiger partial charge in [-0.25, -0.2) is 8.78 Å². The second kappa shape index (κ2) is 10.1. The Bertz CT molecular complexity index is 946. The zero-order valence-corrected chi connectivity index (χ0v) is 17.0. The van der Waals surface area contributed by atoms with Crippen molar-refractivity contribution < 1.29 is 27.9 Å². The molecule has 0 saturated heterocycles. The molecule has 2 aromatic carbocycles. The average molecular weight is 430 g/mol. The van der Waals surface area contributed by atoms with Crippen LogP contribution in [0.4, 0.5) is 8.78 Å². The van der Waals surface area contributed by atoms with Gasteiger partial charge in [0.1, 0.15) is 11.6 Å². The molecule has 0 aromatic heterocycles. The topological polar surface area (TPSA) is 84.5 Å². The molecule has 2 amide bonds. The molecule has 1 aliphatic rings. The Morgan fingerprint density at radius 2 is 1.74 bits per heavy atom. The van der Waals surface area contributed by atoms with Crippen molar-refractivity contribution in [1.82, 2.24) is 10.6 Å². The van der Waals surface area contributed by atoms with Crippen LogP contribution in [0.1, 0.15) is 41.6 Å². The van der Waals surface area contributed by atoms with Crippen molar-refractivity contribution in [3.05, 3.63) is 71.3 Å². The zero-order valence-electron chi connectivity index (χ0n) is 17.0. The fourth-order valence-corrected chi connectivity index (χ4v) is 3.55. The van der Waals surface area contributed by atoms with Gasteiger partial charge in [0.25, 0.3) is 11.8 Å². The van der Waals surface area contributed by atoms with E-state index in [1.54, 1.807) is 0 Å². The van der Waals surface area contributed by atoms with Gasteiger partial charge in [-0.05, 0) is 30.5 Å². The summed E-state index contributed by atoms with van der Waals surface area (Å²) in [6, 6.07) is 12.6. The maximum absolute atomic E-state index is 13.6. The van der Waals surface area contributed by atoms with E-state index in [2.05, 4.69) is 22.8 Å². The Balaban J connectivity index is 1.36. The SMILES string of the molecule is O=C(COC(=O)CCNC(=O)c1ccc(F)cc1F)NCC1(c2ccccc2)CCC1. The summed E-state index contributed by atoms with van der Waals surface area (Å²) in [5.41, 5.74) is 0.797. The van der Waals surface area contributed by atoms with E-state index in [0.717, 1.165) is 31.4 Å². The number of carbonyl (C=O) groups is 3. The normalized spacial score (nSPS) is 14.3. The zero-order chi connectivity index (χ0) is 22.3. The van der Waals surface area contributed by atoms with Crippen molar-refractivity contribution in [2.24, 2.45) is 0 Å². The van der Waals surface area contributed by atoms with Crippen molar-refractivity contribution in [1.29, 1.82) is 0 Å². The molecule has 8 heteroatoms. The van der Waals surface area contributed by atoms with Crippen LogP contribution in [0.15, 0.2) is 48.5 Å². The molecule has 0 heterocycles. The van der Waals surface area contributed by atoms with Crippen LogP contribution in [-0.4, -0.2) is 37.5 Å². The number of amides is 2. The van der Waals surface area contributed by atoms with E-state index in [0.29, 0.717) is 12.6 Å². The lowest BCUT2D eigenvalue weighted by atomic mass is 9.64. The molecule has 1 fully saturated rings. The third-order valence-corrected chi connectivity index (χ3v) is 5.48. The van der Waals surface area contributed by atoms with E-state index in [1.165, 1.54) is 5.56 Å². The van der Waals surface area contributed by atoms with Crippen LogP contribution in [-0.2, 0) is 19.7 Å². The molecule has 0 atom stereocenters. The largest absolute Gasteiger partial charge is 0.456 e. The molecule has 31 heavy (non-hydrogen) atoms. The summed E-state index contributed by atoms with van der Waals surface area (Å²) in [4.78, 5) is 35.7. The smallest absolute Gasteiger partial charge is 0.308 e. The molecule has 164 valence electrons. The Morgan fingerprint density at radius 3 is 2.39 bits per heavy atom. The quantitative estimate of drug-likeness (QED) is 0.600. The minimum atomic E-state index is -0.989. The van der Waals surface area contributed by atoms with E-state index < -0.39 is 36.0 Å². The van der Waals surface area contributed by atoms with Crippen molar-refractivity contribution in [3.63, 3.8) is 0 Å². The molecule has 0 aliphatic heterocycles. The van der Waals surface area contributed by atoms with E-state index in [-0.39, 0.29) is 23.9 Å². The van der Waals surface area contributed by atoms with Crippen LogP contribution in [0.3, 0.4) is 0 Å². The van der Waals surface area contributed by atoms with Crippen molar-refractivity contribution in [3.8, 4) is 0 Å². The summed E-state index contributed by atoms with van der Waals surface area (Å²) >= 11 is 0. The number of carbonyl (C=O) groups excluding carboxylic acids is 3. The van der Waals surface area contributed by atoms with Gasteiger partial charge in [0.05, 0.1) is 12.0 Å². The maximum atomic E-state index is 13.6. The minimum Gasteiger partial charge on any atom is -0.456 e. The number of nitrogens with one attached hydrogen (secondary N) is 2. The highest BCUT2D eigenvalue weighted by Gasteiger charge is 2.38. The van der Waals surface area contributed by atoms with Crippen molar-refractivity contribution in [2.45, 2.75) is 31.1 Å². The van der Waals surface area contributed by atoms with Gasteiger partial charge >= 0.3 is 5.97 Å². The van der Waals surface area contributed by atoms with Gasteiger partial charge in [0.15, 0.2) is 6.61 Å². The standard InChI is InChI=1S/C23H24F2N2O4/c24-17-7-8-18(19(25)13-17)22(30)26-12-9-21(29)31-14-20(28)27-15-23(10-4-11-23)16-5-2-1-3-6-16/h1-3,5-8,13H,4,9-12,14-15H2,(H,26,30)(H,27,28). The second-order valence-electron chi connectivity index (χ2n) is 7.57. The van der Waals surface area contributed by atoms with Gasteiger partial charge in [0.2, 0.25) is 0 Å². The van der Waals surface area contributed by atoms with E-state index in [1.807, 2.05) is 18.2 Å². The number of hydrogen-bond acceptors (Lipinski definition) is 4. The van der Waals surface area contributed by atoms with Gasteiger partial charge in [0, 0.05) is 24.6 Å². The summed E-state index contributed by atoms with van der Waals surface area (Å²) in [7, 11) is 0. The molecular formula is C23H24F2N2O4. The van der Waals surface area contributed by atoms with Crippen LogP contribution in [0.5, 0.6) is 0 Å². The molecule has 0 bridgehead atoms. The number of esters is 1. The first-order valence-electron chi connectivity index (χ1n) is 10.1. The monoisotopic (exact) mass is 430 g/mol. The van der Waals surface area contributed by atoms with Gasteiger partial charge in [-0.15, -0.1) is 0 Å². The fourth-order valence-electron chi connectivity index (χ4n) is 3.55. The van der Waals surface area contributed by atoms with Gasteiger partial charge in [-0.2, -0.15) is 0 Å². The van der Waals surface area contributed by atoms with Crippen LogP contribution < -0.4 is 10.6 Å². The number of rotatable bonds is 9. The fraction of sp³-hybridized carbons (Fsp3) is 0.348. The number of ether oxygens (including phenoxy) is 1. The number of halogens is 2. The summed E-state index contributed by atoms with van der Waals surface area (Å²) < 4.78 is 31.4. The molecule has 0 unspecified atom stereocenters. The van der Waals surface area contributed by atoms with E-state index in [9.17, 15) is 23.2 Å². The third kappa shape index (κ3) is 5.87. The Kier molecular flexibility index (Phi) is 7.33. The molecule has 1 aliphatic carbocycles. The summed E-state index contributed by atoms with van der Waals surface area (Å²) in [6.45, 7) is -0.0376. The second-order valence-corrected chi connectivity index (χ2v) is 7.57. The lowest BCUT2D eigenvalue weighted by Crippen LogP contribution is -2.46. The first-order chi connectivity index (χ1) is 14.9. The highest BCUT2D eigenvalue weighted by atomic mass is 19.1. The van der Waals surface area contributed by atoms with Gasteiger partial charge in [-0.1, -0.05) is 36.8 Å². The molecule has 0 spiro atoms. The Labute approximate surface area is 179 Å². The first-order valence-corrected chi connectivity index (χ1v) is 10.1. The maximum Gasteiger partial charge on any atom is 0.308 e. The molecule has 1 saturated carbocycles. The Morgan fingerprint density at radius 1 is 1.00 bits per heavy atom. The third-order valence-electron chi connectivity index (χ3n) is 5.48.